The largest absolute Gasteiger partial charge is 0.292 e. The van der Waals surface area contributed by atoms with Crippen LogP contribution >= 0.6 is 15.9 Å². The molecule has 1 aliphatic rings. The van der Waals surface area contributed by atoms with E-state index in [1.54, 1.807) is 60.7 Å². The average Bonchev–Trinajstić information content (AvgIpc) is 3.08. The lowest BCUT2D eigenvalue weighted by Gasteiger charge is -2.28. The Hall–Kier alpha value is -2.70. The van der Waals surface area contributed by atoms with Crippen LogP contribution in [0.25, 0.3) is 0 Å². The van der Waals surface area contributed by atoms with Crippen molar-refractivity contribution >= 4 is 37.4 Å². The third-order valence-corrected chi connectivity index (χ3v) is 7.64. The first kappa shape index (κ1) is 20.6. The van der Waals surface area contributed by atoms with Gasteiger partial charge in [0.15, 0.2) is 5.78 Å². The van der Waals surface area contributed by atoms with E-state index in [2.05, 4.69) is 22.5 Å². The summed E-state index contributed by atoms with van der Waals surface area (Å²) >= 11 is 3.39. The van der Waals surface area contributed by atoms with Crippen molar-refractivity contribution in [2.75, 3.05) is 4.31 Å². The summed E-state index contributed by atoms with van der Waals surface area (Å²) in [6.45, 7) is 5.80. The zero-order valence-corrected chi connectivity index (χ0v) is 18.7. The van der Waals surface area contributed by atoms with E-state index in [-0.39, 0.29) is 10.7 Å². The van der Waals surface area contributed by atoms with Gasteiger partial charge in [-0.3, -0.25) is 9.10 Å². The van der Waals surface area contributed by atoms with Crippen LogP contribution < -0.4 is 4.31 Å². The molecular formula is C24H20BrNO3S. The fraction of sp³-hybridized carbons (Fsp3) is 0.125. The van der Waals surface area contributed by atoms with Crippen LogP contribution in [0.15, 0.2) is 94.8 Å². The Kier molecular flexibility index (Phi) is 5.38. The van der Waals surface area contributed by atoms with E-state index in [4.69, 9.17) is 0 Å². The summed E-state index contributed by atoms with van der Waals surface area (Å²) in [5.74, 6) is -0.721. The zero-order chi connectivity index (χ0) is 21.5. The molecule has 1 heterocycles. The van der Waals surface area contributed by atoms with E-state index in [1.807, 2.05) is 25.1 Å². The first-order valence-electron chi connectivity index (χ1n) is 9.47. The lowest BCUT2D eigenvalue weighted by atomic mass is 9.90. The van der Waals surface area contributed by atoms with Crippen LogP contribution in [0.3, 0.4) is 0 Å². The molecule has 0 N–H and O–H groups in total. The van der Waals surface area contributed by atoms with Gasteiger partial charge in [-0.25, -0.2) is 8.42 Å². The number of carbonyl (C=O) groups excluding carboxylic acids is 1. The number of nitrogens with zero attached hydrogens (tertiary/aromatic N) is 1. The first-order valence-corrected chi connectivity index (χ1v) is 11.7. The van der Waals surface area contributed by atoms with Crippen LogP contribution in [0.1, 0.15) is 27.4 Å². The highest BCUT2D eigenvalue weighted by molar-refractivity contribution is 9.10. The number of anilines is 1. The molecule has 3 aromatic carbocycles. The fourth-order valence-corrected chi connectivity index (χ4v) is 5.93. The molecule has 152 valence electrons. The number of halogens is 1. The molecule has 0 saturated heterocycles. The van der Waals surface area contributed by atoms with Gasteiger partial charge in [0.25, 0.3) is 10.0 Å². The smallest absolute Gasteiger partial charge is 0.265 e. The molecule has 0 radical (unpaired) electrons. The summed E-state index contributed by atoms with van der Waals surface area (Å²) in [7, 11) is -3.97. The van der Waals surface area contributed by atoms with E-state index >= 15 is 0 Å². The summed E-state index contributed by atoms with van der Waals surface area (Å²) < 4.78 is 29.4. The topological polar surface area (TPSA) is 54.5 Å². The van der Waals surface area contributed by atoms with Crippen molar-refractivity contribution in [1.29, 1.82) is 0 Å². The van der Waals surface area contributed by atoms with Crippen LogP contribution in [0.2, 0.25) is 0 Å². The number of fused-ring (bicyclic) bond motifs is 1. The van der Waals surface area contributed by atoms with Gasteiger partial charge >= 0.3 is 0 Å². The molecule has 1 aliphatic heterocycles. The van der Waals surface area contributed by atoms with E-state index in [9.17, 15) is 13.2 Å². The van der Waals surface area contributed by atoms with Gasteiger partial charge in [0.2, 0.25) is 0 Å². The molecule has 0 spiro atoms. The van der Waals surface area contributed by atoms with E-state index < -0.39 is 22.0 Å². The summed E-state index contributed by atoms with van der Waals surface area (Å²) in [4.78, 5) is 13.8. The maximum atomic E-state index is 13.7. The van der Waals surface area contributed by atoms with Crippen LogP contribution in [0.5, 0.6) is 0 Å². The van der Waals surface area contributed by atoms with Gasteiger partial charge in [-0.15, -0.1) is 6.58 Å². The predicted octanol–water partition coefficient (Wildman–Crippen LogP) is 5.49. The first-order chi connectivity index (χ1) is 14.3. The predicted molar refractivity (Wildman–Crippen MR) is 122 cm³/mol. The Morgan fingerprint density at radius 2 is 1.73 bits per heavy atom. The minimum atomic E-state index is -3.97. The Labute approximate surface area is 185 Å². The Balaban J connectivity index is 1.91. The van der Waals surface area contributed by atoms with Crippen molar-refractivity contribution in [2.45, 2.75) is 23.8 Å². The monoisotopic (exact) mass is 481 g/mol. The van der Waals surface area contributed by atoms with Crippen molar-refractivity contribution in [3.05, 3.63) is 107 Å². The van der Waals surface area contributed by atoms with Crippen LogP contribution in [0, 0.1) is 6.92 Å². The molecule has 0 aromatic heterocycles. The number of hydrogen-bond donors (Lipinski definition) is 0. The maximum absolute atomic E-state index is 13.7. The van der Waals surface area contributed by atoms with Gasteiger partial charge in [-0.05, 0) is 42.8 Å². The summed E-state index contributed by atoms with van der Waals surface area (Å²) in [5.41, 5.74) is 2.69. The molecule has 0 fully saturated rings. The van der Waals surface area contributed by atoms with Gasteiger partial charge in [-0.2, -0.15) is 0 Å². The molecule has 2 atom stereocenters. The van der Waals surface area contributed by atoms with Crippen molar-refractivity contribution in [2.24, 2.45) is 0 Å². The fourth-order valence-electron chi connectivity index (χ4n) is 3.88. The van der Waals surface area contributed by atoms with Crippen LogP contribution in [0.4, 0.5) is 5.69 Å². The Morgan fingerprint density at radius 3 is 2.40 bits per heavy atom. The molecule has 0 amide bonds. The standard InChI is InChI=1S/C24H20BrNO3S/c1-3-20-21-9-4-5-10-22(21)26(30(28,29)19-13-11-16(2)12-14-19)23(20)24(27)17-7-6-8-18(25)15-17/h3-15,20,23H,1H2,2H3/t20-,23-/m1/s1. The summed E-state index contributed by atoms with van der Waals surface area (Å²) in [6, 6.07) is 19.9. The second kappa shape index (κ2) is 7.85. The normalized spacial score (nSPS) is 18.1. The summed E-state index contributed by atoms with van der Waals surface area (Å²) in [5, 5.41) is 0. The van der Waals surface area contributed by atoms with Gasteiger partial charge in [0.05, 0.1) is 10.6 Å². The van der Waals surface area contributed by atoms with Crippen molar-refractivity contribution in [1.82, 2.24) is 0 Å². The number of carbonyl (C=O) groups is 1. The van der Waals surface area contributed by atoms with Gasteiger partial charge in [0, 0.05) is 16.0 Å². The number of hydrogen-bond acceptors (Lipinski definition) is 3. The van der Waals surface area contributed by atoms with Crippen LogP contribution in [-0.2, 0) is 10.0 Å². The van der Waals surface area contributed by atoms with Crippen molar-refractivity contribution < 1.29 is 13.2 Å². The number of ketones is 1. The lowest BCUT2D eigenvalue weighted by molar-refractivity contribution is 0.0960. The number of Topliss-reactive ketones (excluding diaryl/α,β-unsaturated/α-hetero) is 1. The van der Waals surface area contributed by atoms with Crippen molar-refractivity contribution in [3.63, 3.8) is 0 Å². The Morgan fingerprint density at radius 1 is 1.03 bits per heavy atom. The second-order valence-corrected chi connectivity index (χ2v) is 9.98. The molecule has 4 rings (SSSR count). The number of sulfonamides is 1. The maximum Gasteiger partial charge on any atom is 0.265 e. The second-order valence-electron chi connectivity index (χ2n) is 7.25. The summed E-state index contributed by atoms with van der Waals surface area (Å²) in [6.07, 6.45) is 1.66. The molecule has 3 aromatic rings. The molecule has 30 heavy (non-hydrogen) atoms. The highest BCUT2D eigenvalue weighted by atomic mass is 79.9. The number of aryl methyl sites for hydroxylation is 1. The molecule has 0 unspecified atom stereocenters. The molecule has 4 nitrogen and oxygen atoms in total. The highest BCUT2D eigenvalue weighted by Crippen LogP contribution is 2.45. The van der Waals surface area contributed by atoms with E-state index in [1.165, 1.54) is 4.31 Å². The molecular weight excluding hydrogens is 462 g/mol. The van der Waals surface area contributed by atoms with E-state index in [0.29, 0.717) is 11.3 Å². The highest BCUT2D eigenvalue weighted by Gasteiger charge is 2.47. The van der Waals surface area contributed by atoms with Gasteiger partial charge < -0.3 is 0 Å². The minimum Gasteiger partial charge on any atom is -0.292 e. The molecule has 0 aliphatic carbocycles. The SMILES string of the molecule is C=C[C@@H]1c2ccccc2N(S(=O)(=O)c2ccc(C)cc2)[C@H]1C(=O)c1cccc(Br)c1. The zero-order valence-electron chi connectivity index (χ0n) is 16.3. The molecule has 6 heteroatoms. The lowest BCUT2D eigenvalue weighted by Crippen LogP contribution is -2.44. The Bertz CT molecular complexity index is 1240. The molecule has 0 bridgehead atoms. The third-order valence-electron chi connectivity index (χ3n) is 5.34. The quantitative estimate of drug-likeness (QED) is 0.357. The van der Waals surface area contributed by atoms with Gasteiger partial charge in [-0.1, -0.05) is 70.0 Å². The minimum absolute atomic E-state index is 0.152. The van der Waals surface area contributed by atoms with Gasteiger partial charge in [0.1, 0.15) is 6.04 Å². The molecule has 0 saturated carbocycles. The average molecular weight is 482 g/mol. The number of para-hydroxylation sites is 1. The number of rotatable bonds is 5. The van der Waals surface area contributed by atoms with Crippen LogP contribution in [-0.4, -0.2) is 20.2 Å². The third kappa shape index (κ3) is 3.40. The van der Waals surface area contributed by atoms with E-state index in [0.717, 1.165) is 15.6 Å². The number of benzene rings is 3. The van der Waals surface area contributed by atoms with Crippen molar-refractivity contribution in [3.8, 4) is 0 Å².